The molecule has 4 N–H and O–H groups in total. The minimum atomic E-state index is -0.869. The Kier molecular flexibility index (Phi) is 6.13. The summed E-state index contributed by atoms with van der Waals surface area (Å²) in [6, 6.07) is -0.869. The van der Waals surface area contributed by atoms with Crippen LogP contribution in [0.2, 0.25) is 0 Å². The molecule has 102 valence electrons. The van der Waals surface area contributed by atoms with Gasteiger partial charge in [0.05, 0.1) is 6.54 Å². The van der Waals surface area contributed by atoms with Gasteiger partial charge in [-0.3, -0.25) is 14.9 Å². The number of nitrogens with two attached hydrogens (primary N) is 1. The third-order valence-electron chi connectivity index (χ3n) is 2.77. The molecule has 0 bridgehead atoms. The predicted octanol–water partition coefficient (Wildman–Crippen LogP) is -0.826. The van der Waals surface area contributed by atoms with Crippen molar-refractivity contribution in [2.24, 2.45) is 5.73 Å². The molecule has 0 aromatic carbocycles. The molecular formula is C11H20N4O3. The van der Waals surface area contributed by atoms with Crippen LogP contribution in [-0.4, -0.2) is 48.9 Å². The van der Waals surface area contributed by atoms with Crippen LogP contribution in [0, 0.1) is 0 Å². The van der Waals surface area contributed by atoms with Crippen LogP contribution in [0.15, 0.2) is 0 Å². The number of likely N-dealkylation sites (tertiary alicyclic amines) is 1. The van der Waals surface area contributed by atoms with Crippen molar-refractivity contribution in [2.75, 3.05) is 26.2 Å². The number of urea groups is 1. The van der Waals surface area contributed by atoms with Gasteiger partial charge in [-0.1, -0.05) is 0 Å². The molecule has 0 aromatic rings. The first kappa shape index (κ1) is 14.4. The topological polar surface area (TPSA) is 105 Å². The zero-order chi connectivity index (χ0) is 13.4. The van der Waals surface area contributed by atoms with E-state index in [1.165, 1.54) is 6.42 Å². The number of piperidine rings is 1. The van der Waals surface area contributed by atoms with Crippen molar-refractivity contribution < 1.29 is 14.4 Å². The van der Waals surface area contributed by atoms with Crippen LogP contribution in [0.5, 0.6) is 0 Å². The molecule has 18 heavy (non-hydrogen) atoms. The SMILES string of the molecule is NC(=O)NC(=O)CNCCC(=O)N1CCCCC1. The Labute approximate surface area is 106 Å². The molecule has 0 aliphatic carbocycles. The lowest BCUT2D eigenvalue weighted by Gasteiger charge is -2.26. The molecule has 7 heteroatoms. The Hall–Kier alpha value is -1.63. The second-order valence-corrected chi connectivity index (χ2v) is 4.28. The molecular weight excluding hydrogens is 236 g/mol. The maximum atomic E-state index is 11.7. The van der Waals surface area contributed by atoms with Crippen molar-refractivity contribution in [3.05, 3.63) is 0 Å². The number of amides is 4. The Morgan fingerprint density at radius 3 is 2.39 bits per heavy atom. The quantitative estimate of drug-likeness (QED) is 0.558. The number of carbonyl (C=O) groups excluding carboxylic acids is 3. The molecule has 4 amide bonds. The number of carbonyl (C=O) groups is 3. The van der Waals surface area contributed by atoms with Gasteiger partial charge in [0, 0.05) is 26.1 Å². The molecule has 0 atom stereocenters. The Morgan fingerprint density at radius 1 is 1.11 bits per heavy atom. The summed E-state index contributed by atoms with van der Waals surface area (Å²) >= 11 is 0. The molecule has 0 unspecified atom stereocenters. The molecule has 1 aliphatic rings. The first-order valence-electron chi connectivity index (χ1n) is 6.17. The number of imide groups is 1. The number of nitrogens with zero attached hydrogens (tertiary/aromatic N) is 1. The van der Waals surface area contributed by atoms with E-state index >= 15 is 0 Å². The molecule has 0 radical (unpaired) electrons. The van der Waals surface area contributed by atoms with Crippen molar-refractivity contribution in [1.82, 2.24) is 15.5 Å². The van der Waals surface area contributed by atoms with Gasteiger partial charge in [0.15, 0.2) is 0 Å². The van der Waals surface area contributed by atoms with E-state index < -0.39 is 11.9 Å². The van der Waals surface area contributed by atoms with Crippen molar-refractivity contribution >= 4 is 17.8 Å². The van der Waals surface area contributed by atoms with Crippen LogP contribution < -0.4 is 16.4 Å². The van der Waals surface area contributed by atoms with E-state index in [9.17, 15) is 14.4 Å². The van der Waals surface area contributed by atoms with Gasteiger partial charge in [0.1, 0.15) is 0 Å². The Bertz CT molecular complexity index is 313. The second-order valence-electron chi connectivity index (χ2n) is 4.28. The van der Waals surface area contributed by atoms with Gasteiger partial charge in [0.25, 0.3) is 0 Å². The van der Waals surface area contributed by atoms with Gasteiger partial charge in [0.2, 0.25) is 11.8 Å². The van der Waals surface area contributed by atoms with Gasteiger partial charge in [-0.2, -0.15) is 0 Å². The largest absolute Gasteiger partial charge is 0.351 e. The highest BCUT2D eigenvalue weighted by atomic mass is 16.2. The number of primary amides is 1. The molecule has 1 heterocycles. The van der Waals surface area contributed by atoms with Crippen LogP contribution in [0.4, 0.5) is 4.79 Å². The molecule has 1 rings (SSSR count). The summed E-state index contributed by atoms with van der Waals surface area (Å²) in [5, 5.41) is 4.73. The lowest BCUT2D eigenvalue weighted by Crippen LogP contribution is -2.42. The van der Waals surface area contributed by atoms with E-state index in [1.807, 2.05) is 10.2 Å². The summed E-state index contributed by atoms with van der Waals surface area (Å²) in [7, 11) is 0. The van der Waals surface area contributed by atoms with Crippen LogP contribution in [-0.2, 0) is 9.59 Å². The summed E-state index contributed by atoms with van der Waals surface area (Å²) in [6.45, 7) is 2.07. The third kappa shape index (κ3) is 5.62. The van der Waals surface area contributed by atoms with Gasteiger partial charge in [-0.25, -0.2) is 4.79 Å². The number of nitrogens with one attached hydrogen (secondary N) is 2. The van der Waals surface area contributed by atoms with Crippen molar-refractivity contribution in [2.45, 2.75) is 25.7 Å². The molecule has 7 nitrogen and oxygen atoms in total. The highest BCUT2D eigenvalue weighted by molar-refractivity contribution is 5.94. The minimum absolute atomic E-state index is 0.0176. The fourth-order valence-electron chi connectivity index (χ4n) is 1.88. The maximum absolute atomic E-state index is 11.7. The standard InChI is InChI=1S/C11H20N4O3/c12-11(18)14-9(16)8-13-5-4-10(17)15-6-2-1-3-7-15/h13H,1-8H2,(H3,12,14,16,18). The van der Waals surface area contributed by atoms with Crippen LogP contribution in [0.1, 0.15) is 25.7 Å². The fourth-order valence-corrected chi connectivity index (χ4v) is 1.88. The summed E-state index contributed by atoms with van der Waals surface area (Å²) < 4.78 is 0. The van der Waals surface area contributed by atoms with Gasteiger partial charge >= 0.3 is 6.03 Å². The van der Waals surface area contributed by atoms with E-state index in [1.54, 1.807) is 0 Å². The number of hydrogen-bond donors (Lipinski definition) is 3. The average molecular weight is 256 g/mol. The summed E-state index contributed by atoms with van der Waals surface area (Å²) in [4.78, 5) is 35.0. The number of hydrogen-bond acceptors (Lipinski definition) is 4. The van der Waals surface area contributed by atoms with Crippen molar-refractivity contribution in [3.63, 3.8) is 0 Å². The molecule has 0 saturated carbocycles. The Balaban J connectivity index is 2.08. The number of rotatable bonds is 5. The Morgan fingerprint density at radius 2 is 1.78 bits per heavy atom. The third-order valence-corrected chi connectivity index (χ3v) is 2.77. The normalized spacial score (nSPS) is 15.2. The van der Waals surface area contributed by atoms with Gasteiger partial charge in [-0.15, -0.1) is 0 Å². The van der Waals surface area contributed by atoms with Crippen molar-refractivity contribution in [3.8, 4) is 0 Å². The maximum Gasteiger partial charge on any atom is 0.318 e. The molecule has 1 fully saturated rings. The van der Waals surface area contributed by atoms with Crippen molar-refractivity contribution in [1.29, 1.82) is 0 Å². The summed E-state index contributed by atoms with van der Waals surface area (Å²) in [5.41, 5.74) is 4.78. The van der Waals surface area contributed by atoms with Gasteiger partial charge in [-0.05, 0) is 19.3 Å². The van der Waals surface area contributed by atoms with Crippen LogP contribution >= 0.6 is 0 Å². The second kappa shape index (κ2) is 7.65. The summed E-state index contributed by atoms with van der Waals surface area (Å²) in [5.74, 6) is -0.384. The lowest BCUT2D eigenvalue weighted by atomic mass is 10.1. The zero-order valence-electron chi connectivity index (χ0n) is 10.4. The van der Waals surface area contributed by atoms with E-state index in [2.05, 4.69) is 5.32 Å². The van der Waals surface area contributed by atoms with E-state index in [-0.39, 0.29) is 12.5 Å². The lowest BCUT2D eigenvalue weighted by molar-refractivity contribution is -0.132. The predicted molar refractivity (Wildman–Crippen MR) is 65.6 cm³/mol. The first-order valence-corrected chi connectivity index (χ1v) is 6.17. The van der Waals surface area contributed by atoms with Crippen LogP contribution in [0.25, 0.3) is 0 Å². The zero-order valence-corrected chi connectivity index (χ0v) is 10.4. The van der Waals surface area contributed by atoms with E-state index in [0.29, 0.717) is 13.0 Å². The molecule has 1 aliphatic heterocycles. The highest BCUT2D eigenvalue weighted by Crippen LogP contribution is 2.09. The molecule has 0 aromatic heterocycles. The van der Waals surface area contributed by atoms with E-state index in [4.69, 9.17) is 5.73 Å². The highest BCUT2D eigenvalue weighted by Gasteiger charge is 2.15. The molecule has 1 saturated heterocycles. The monoisotopic (exact) mass is 256 g/mol. The molecule has 0 spiro atoms. The van der Waals surface area contributed by atoms with Crippen LogP contribution in [0.3, 0.4) is 0 Å². The fraction of sp³-hybridized carbons (Fsp3) is 0.727. The average Bonchev–Trinajstić information content (AvgIpc) is 2.34. The van der Waals surface area contributed by atoms with Gasteiger partial charge < -0.3 is 16.0 Å². The summed E-state index contributed by atoms with van der Waals surface area (Å²) in [6.07, 6.45) is 3.69. The first-order chi connectivity index (χ1) is 8.59. The smallest absolute Gasteiger partial charge is 0.318 e. The minimum Gasteiger partial charge on any atom is -0.351 e. The van der Waals surface area contributed by atoms with E-state index in [0.717, 1.165) is 25.9 Å².